The summed E-state index contributed by atoms with van der Waals surface area (Å²) in [5.41, 5.74) is 0.704. The molecule has 0 amide bonds. The Morgan fingerprint density at radius 1 is 1.15 bits per heavy atom. The minimum atomic E-state index is -4.27. The maximum absolute atomic E-state index is 12.8. The zero-order chi connectivity index (χ0) is 23.1. The van der Waals surface area contributed by atoms with Crippen molar-refractivity contribution in [3.63, 3.8) is 0 Å². The van der Waals surface area contributed by atoms with E-state index in [1.807, 2.05) is 11.6 Å². The number of hydrogen-bond donors (Lipinski definition) is 0. The Bertz CT molecular complexity index is 956. The maximum Gasteiger partial charge on any atom is 0.416 e. The quantitative estimate of drug-likeness (QED) is 0.570. The molecule has 1 aromatic heterocycles. The highest BCUT2D eigenvalue weighted by Gasteiger charge is 2.57. The number of benzene rings is 1. The van der Waals surface area contributed by atoms with Crippen molar-refractivity contribution in [3.05, 3.63) is 41.2 Å². The van der Waals surface area contributed by atoms with Gasteiger partial charge in [-0.05, 0) is 67.7 Å². The standard InChI is InChI=1S/C24H31F3N4O2/c1-30-21(18-7-13-32-14-8-18)28-29-22(30)33-12-2-10-31-11-9-23(16-31)15-20(23)17-3-5-19(6-4-17)24(25,26)27/h3-6,18,20H,2,7-16H2,1H3/t20-,23?/m0/s1. The summed E-state index contributed by atoms with van der Waals surface area (Å²) in [6.07, 6.45) is 0.743. The van der Waals surface area contributed by atoms with Crippen LogP contribution in [-0.4, -0.2) is 59.1 Å². The first-order chi connectivity index (χ1) is 15.9. The van der Waals surface area contributed by atoms with E-state index in [2.05, 4.69) is 15.1 Å². The first-order valence-corrected chi connectivity index (χ1v) is 11.9. The second-order valence-corrected chi connectivity index (χ2v) is 9.75. The van der Waals surface area contributed by atoms with Crippen molar-refractivity contribution in [2.45, 2.75) is 50.1 Å². The lowest BCUT2D eigenvalue weighted by atomic mass is 9.97. The molecule has 1 aliphatic carbocycles. The van der Waals surface area contributed by atoms with Gasteiger partial charge in [0.1, 0.15) is 5.82 Å². The van der Waals surface area contributed by atoms with Crippen molar-refractivity contribution >= 4 is 0 Å². The van der Waals surface area contributed by atoms with Crippen LogP contribution in [0.25, 0.3) is 0 Å². The van der Waals surface area contributed by atoms with Crippen LogP contribution in [0.15, 0.2) is 24.3 Å². The van der Waals surface area contributed by atoms with Crippen molar-refractivity contribution in [2.75, 3.05) is 39.5 Å². The number of likely N-dealkylation sites (tertiary alicyclic amines) is 1. The Morgan fingerprint density at radius 2 is 1.91 bits per heavy atom. The number of ether oxygens (including phenoxy) is 2. The van der Waals surface area contributed by atoms with Gasteiger partial charge in [0.05, 0.1) is 12.2 Å². The Labute approximate surface area is 192 Å². The summed E-state index contributed by atoms with van der Waals surface area (Å²) in [4.78, 5) is 2.46. The van der Waals surface area contributed by atoms with Gasteiger partial charge in [0.2, 0.25) is 0 Å². The van der Waals surface area contributed by atoms with Gasteiger partial charge in [-0.15, -0.1) is 5.10 Å². The molecule has 0 bridgehead atoms. The van der Waals surface area contributed by atoms with Crippen LogP contribution in [0, 0.1) is 5.41 Å². The molecule has 180 valence electrons. The van der Waals surface area contributed by atoms with E-state index in [1.165, 1.54) is 12.1 Å². The number of halogens is 3. The fourth-order valence-electron chi connectivity index (χ4n) is 5.56. The van der Waals surface area contributed by atoms with Crippen molar-refractivity contribution in [2.24, 2.45) is 12.5 Å². The lowest BCUT2D eigenvalue weighted by molar-refractivity contribution is -0.137. The summed E-state index contributed by atoms with van der Waals surface area (Å²) in [5, 5.41) is 8.56. The Balaban J connectivity index is 1.06. The summed E-state index contributed by atoms with van der Waals surface area (Å²) >= 11 is 0. The highest BCUT2D eigenvalue weighted by molar-refractivity contribution is 5.34. The average Bonchev–Trinajstić information content (AvgIpc) is 3.15. The fraction of sp³-hybridized carbons (Fsp3) is 0.667. The molecule has 0 radical (unpaired) electrons. The molecule has 3 fully saturated rings. The molecule has 5 rings (SSSR count). The van der Waals surface area contributed by atoms with E-state index in [4.69, 9.17) is 9.47 Å². The minimum Gasteiger partial charge on any atom is -0.464 e. The van der Waals surface area contributed by atoms with Crippen LogP contribution >= 0.6 is 0 Å². The molecule has 0 N–H and O–H groups in total. The normalized spacial score (nSPS) is 26.2. The molecule has 3 heterocycles. The molecule has 1 saturated carbocycles. The van der Waals surface area contributed by atoms with Crippen molar-refractivity contribution in [1.82, 2.24) is 19.7 Å². The van der Waals surface area contributed by atoms with Gasteiger partial charge >= 0.3 is 12.2 Å². The molecule has 2 atom stereocenters. The molecule has 2 saturated heterocycles. The number of nitrogens with zero attached hydrogens (tertiary/aromatic N) is 4. The molecule has 1 unspecified atom stereocenters. The number of aromatic nitrogens is 3. The minimum absolute atomic E-state index is 0.239. The predicted octanol–water partition coefficient (Wildman–Crippen LogP) is 4.38. The van der Waals surface area contributed by atoms with Crippen LogP contribution in [0.2, 0.25) is 0 Å². The van der Waals surface area contributed by atoms with E-state index >= 15 is 0 Å². The van der Waals surface area contributed by atoms with E-state index in [0.29, 0.717) is 24.5 Å². The van der Waals surface area contributed by atoms with Gasteiger partial charge in [-0.3, -0.25) is 4.57 Å². The van der Waals surface area contributed by atoms with Gasteiger partial charge < -0.3 is 14.4 Å². The van der Waals surface area contributed by atoms with Crippen LogP contribution in [0.3, 0.4) is 0 Å². The predicted molar refractivity (Wildman–Crippen MR) is 116 cm³/mol. The van der Waals surface area contributed by atoms with Crippen LogP contribution in [0.4, 0.5) is 13.2 Å². The molecule has 2 aliphatic heterocycles. The number of alkyl halides is 3. The molecule has 3 aliphatic rings. The lowest BCUT2D eigenvalue weighted by Gasteiger charge is -2.21. The second kappa shape index (κ2) is 8.91. The van der Waals surface area contributed by atoms with Crippen molar-refractivity contribution in [3.8, 4) is 6.01 Å². The molecule has 9 heteroatoms. The Kier molecular flexibility index (Phi) is 6.11. The maximum atomic E-state index is 12.8. The van der Waals surface area contributed by atoms with E-state index in [-0.39, 0.29) is 5.41 Å². The third-order valence-corrected chi connectivity index (χ3v) is 7.60. The van der Waals surface area contributed by atoms with Gasteiger partial charge in [0.25, 0.3) is 0 Å². The molecular weight excluding hydrogens is 433 g/mol. The van der Waals surface area contributed by atoms with Gasteiger partial charge in [-0.1, -0.05) is 17.2 Å². The van der Waals surface area contributed by atoms with Crippen LogP contribution in [-0.2, 0) is 18.0 Å². The molecular formula is C24H31F3N4O2. The molecule has 33 heavy (non-hydrogen) atoms. The van der Waals surface area contributed by atoms with Crippen molar-refractivity contribution < 1.29 is 22.6 Å². The molecule has 6 nitrogen and oxygen atoms in total. The topological polar surface area (TPSA) is 52.4 Å². The van der Waals surface area contributed by atoms with E-state index in [0.717, 1.165) is 76.3 Å². The number of rotatable bonds is 7. The van der Waals surface area contributed by atoms with Gasteiger partial charge in [0, 0.05) is 39.3 Å². The number of hydrogen-bond acceptors (Lipinski definition) is 5. The lowest BCUT2D eigenvalue weighted by Crippen LogP contribution is -2.24. The van der Waals surface area contributed by atoms with Crippen LogP contribution < -0.4 is 4.74 Å². The summed E-state index contributed by atoms with van der Waals surface area (Å²) in [7, 11) is 1.96. The van der Waals surface area contributed by atoms with Gasteiger partial charge in [0.15, 0.2) is 0 Å². The SMILES string of the molecule is Cn1c(OCCCN2CCC3(C[C@H]3c3ccc(C(F)(F)F)cc3)C2)nnc1C1CCOCC1. The Morgan fingerprint density at radius 3 is 2.64 bits per heavy atom. The largest absolute Gasteiger partial charge is 0.464 e. The third-order valence-electron chi connectivity index (χ3n) is 7.60. The average molecular weight is 465 g/mol. The second-order valence-electron chi connectivity index (χ2n) is 9.75. The zero-order valence-corrected chi connectivity index (χ0v) is 19.0. The highest BCUT2D eigenvalue weighted by atomic mass is 19.4. The molecule has 1 spiro atoms. The van der Waals surface area contributed by atoms with Gasteiger partial charge in [-0.2, -0.15) is 13.2 Å². The summed E-state index contributed by atoms with van der Waals surface area (Å²) in [5.74, 6) is 1.73. The van der Waals surface area contributed by atoms with Gasteiger partial charge in [-0.25, -0.2) is 0 Å². The first kappa shape index (κ1) is 22.7. The zero-order valence-electron chi connectivity index (χ0n) is 19.0. The van der Waals surface area contributed by atoms with Crippen LogP contribution in [0.1, 0.15) is 60.9 Å². The Hall–Kier alpha value is -2.13. The highest BCUT2D eigenvalue weighted by Crippen LogP contribution is 2.64. The first-order valence-electron chi connectivity index (χ1n) is 11.9. The van der Waals surface area contributed by atoms with E-state index < -0.39 is 11.7 Å². The van der Waals surface area contributed by atoms with E-state index in [9.17, 15) is 13.2 Å². The van der Waals surface area contributed by atoms with Crippen LogP contribution in [0.5, 0.6) is 6.01 Å². The molecule has 2 aromatic rings. The van der Waals surface area contributed by atoms with Crippen molar-refractivity contribution in [1.29, 1.82) is 0 Å². The summed E-state index contributed by atoms with van der Waals surface area (Å²) in [6.45, 7) is 5.12. The smallest absolute Gasteiger partial charge is 0.416 e. The summed E-state index contributed by atoms with van der Waals surface area (Å²) in [6, 6.07) is 6.32. The van der Waals surface area contributed by atoms with E-state index in [1.54, 1.807) is 12.1 Å². The third kappa shape index (κ3) is 4.75. The fourth-order valence-corrected chi connectivity index (χ4v) is 5.56. The molecule has 1 aromatic carbocycles. The summed E-state index contributed by atoms with van der Waals surface area (Å²) < 4.78 is 51.7. The monoisotopic (exact) mass is 464 g/mol.